The maximum Gasteiger partial charge on any atom is 0.323 e. The molecule has 2 atom stereocenters. The van der Waals surface area contributed by atoms with Crippen LogP contribution in [0.4, 0.5) is 0 Å². The molecular weight excluding hydrogens is 630 g/mol. The van der Waals surface area contributed by atoms with Crippen LogP contribution in [0.15, 0.2) is 89.7 Å². The molecule has 5 N–H and O–H groups in total. The SMILES string of the molecule is COC(=O)C(c1ccccc1)(c1ccccc1)C(O)C1CCN(CCCCCCCCCNC[C@H](O)c2ccc(O)c3[nH]c(=O)ccc23)CC1. The number of aromatic amines is 1. The number of esters is 1. The smallest absolute Gasteiger partial charge is 0.323 e. The van der Waals surface area contributed by atoms with Crippen LogP contribution in [0.1, 0.15) is 80.6 Å². The van der Waals surface area contributed by atoms with Crippen LogP contribution in [0.3, 0.4) is 0 Å². The first kappa shape index (κ1) is 37.2. The van der Waals surface area contributed by atoms with E-state index in [9.17, 15) is 24.9 Å². The minimum Gasteiger partial charge on any atom is -0.506 e. The van der Waals surface area contributed by atoms with Crippen molar-refractivity contribution in [1.29, 1.82) is 0 Å². The van der Waals surface area contributed by atoms with Crippen LogP contribution in [-0.4, -0.2) is 77.1 Å². The van der Waals surface area contributed by atoms with Crippen LogP contribution in [0.25, 0.3) is 10.9 Å². The lowest BCUT2D eigenvalue weighted by Crippen LogP contribution is -2.53. The molecule has 4 aromatic rings. The van der Waals surface area contributed by atoms with Gasteiger partial charge in [0.05, 0.1) is 24.8 Å². The number of likely N-dealkylation sites (tertiary alicyclic amines) is 1. The van der Waals surface area contributed by atoms with Gasteiger partial charge in [-0.3, -0.25) is 9.59 Å². The summed E-state index contributed by atoms with van der Waals surface area (Å²) in [4.78, 5) is 30.4. The molecule has 1 fully saturated rings. The number of hydrogen-bond donors (Lipinski definition) is 5. The van der Waals surface area contributed by atoms with Crippen molar-refractivity contribution in [3.63, 3.8) is 0 Å². The summed E-state index contributed by atoms with van der Waals surface area (Å²) >= 11 is 0. The number of rotatable bonds is 18. The Kier molecular flexibility index (Phi) is 13.6. The zero-order valence-electron chi connectivity index (χ0n) is 29.2. The number of ether oxygens (including phenoxy) is 1. The van der Waals surface area contributed by atoms with E-state index in [-0.39, 0.29) is 17.2 Å². The third kappa shape index (κ3) is 8.82. The topological polar surface area (TPSA) is 135 Å². The van der Waals surface area contributed by atoms with Crippen molar-refractivity contribution in [2.45, 2.75) is 75.4 Å². The van der Waals surface area contributed by atoms with Crippen molar-refractivity contribution < 1.29 is 24.9 Å². The van der Waals surface area contributed by atoms with Gasteiger partial charge in [0.15, 0.2) is 0 Å². The van der Waals surface area contributed by atoms with Gasteiger partial charge in [0, 0.05) is 18.0 Å². The predicted molar refractivity (Wildman–Crippen MR) is 197 cm³/mol. The molecule has 268 valence electrons. The molecule has 1 aromatic heterocycles. The lowest BCUT2D eigenvalue weighted by atomic mass is 9.65. The van der Waals surface area contributed by atoms with Crippen LogP contribution in [-0.2, 0) is 14.9 Å². The summed E-state index contributed by atoms with van der Waals surface area (Å²) in [6, 6.07) is 25.4. The third-order valence-corrected chi connectivity index (χ3v) is 10.4. The summed E-state index contributed by atoms with van der Waals surface area (Å²) in [5, 5.41) is 36.8. The number of piperidine rings is 1. The highest BCUT2D eigenvalue weighted by Gasteiger charge is 2.52. The van der Waals surface area contributed by atoms with Crippen molar-refractivity contribution in [3.05, 3.63) is 112 Å². The first-order valence-corrected chi connectivity index (χ1v) is 18.2. The van der Waals surface area contributed by atoms with Crippen LogP contribution in [0.5, 0.6) is 5.75 Å². The first-order valence-electron chi connectivity index (χ1n) is 18.2. The zero-order valence-corrected chi connectivity index (χ0v) is 29.2. The van der Waals surface area contributed by atoms with Gasteiger partial charge in [-0.1, -0.05) is 98.8 Å². The number of phenols is 1. The van der Waals surface area contributed by atoms with Crippen LogP contribution >= 0.6 is 0 Å². The predicted octanol–water partition coefficient (Wildman–Crippen LogP) is 5.82. The Hall–Kier alpha value is -4.02. The van der Waals surface area contributed by atoms with Gasteiger partial charge in [0.2, 0.25) is 5.56 Å². The quantitative estimate of drug-likeness (QED) is 0.0655. The molecule has 0 radical (unpaired) electrons. The van der Waals surface area contributed by atoms with Gasteiger partial charge in [-0.05, 0) is 86.6 Å². The number of aliphatic hydroxyl groups is 2. The summed E-state index contributed by atoms with van der Waals surface area (Å²) in [5.41, 5.74) is 0.953. The summed E-state index contributed by atoms with van der Waals surface area (Å²) in [6.07, 6.45) is 8.17. The molecule has 0 spiro atoms. The summed E-state index contributed by atoms with van der Waals surface area (Å²) in [5.74, 6) is -0.464. The molecule has 1 unspecified atom stereocenters. The number of unbranched alkanes of at least 4 members (excludes halogenated alkanes) is 6. The second-order valence-electron chi connectivity index (χ2n) is 13.6. The first-order chi connectivity index (χ1) is 24.4. The number of nitrogens with zero attached hydrogens (tertiary/aromatic N) is 1. The van der Waals surface area contributed by atoms with Gasteiger partial charge in [0.25, 0.3) is 0 Å². The second kappa shape index (κ2) is 18.3. The maximum absolute atomic E-state index is 13.6. The Bertz CT molecular complexity index is 1650. The number of hydrogen-bond acceptors (Lipinski definition) is 8. The van der Waals surface area contributed by atoms with E-state index in [0.29, 0.717) is 23.0 Å². The highest BCUT2D eigenvalue weighted by atomic mass is 16.5. The average Bonchev–Trinajstić information content (AvgIpc) is 3.15. The van der Waals surface area contributed by atoms with Gasteiger partial charge in [-0.2, -0.15) is 0 Å². The molecule has 9 nitrogen and oxygen atoms in total. The maximum atomic E-state index is 13.6. The monoisotopic (exact) mass is 683 g/mol. The van der Waals surface area contributed by atoms with E-state index >= 15 is 0 Å². The molecule has 1 saturated heterocycles. The Morgan fingerprint density at radius 3 is 2.08 bits per heavy atom. The van der Waals surface area contributed by atoms with Crippen molar-refractivity contribution >= 4 is 16.9 Å². The van der Waals surface area contributed by atoms with Crippen LogP contribution < -0.4 is 10.9 Å². The number of fused-ring (bicyclic) bond motifs is 1. The van der Waals surface area contributed by atoms with E-state index in [1.54, 1.807) is 12.1 Å². The average molecular weight is 684 g/mol. The van der Waals surface area contributed by atoms with Gasteiger partial charge in [0.1, 0.15) is 11.2 Å². The number of aromatic hydroxyl groups is 1. The zero-order chi connectivity index (χ0) is 35.3. The molecule has 3 aromatic carbocycles. The molecule has 1 aliphatic heterocycles. The summed E-state index contributed by atoms with van der Waals surface area (Å²) in [7, 11) is 1.40. The van der Waals surface area contributed by atoms with E-state index in [4.69, 9.17) is 4.74 Å². The van der Waals surface area contributed by atoms with Crippen molar-refractivity contribution in [2.24, 2.45) is 5.92 Å². The van der Waals surface area contributed by atoms with Crippen LogP contribution in [0, 0.1) is 5.92 Å². The summed E-state index contributed by atoms with van der Waals surface area (Å²) in [6.45, 7) is 4.11. The number of benzene rings is 3. The standard InChI is InChI=1S/C41H53N3O6/c1-50-40(49)41(31-15-9-7-10-16-31,32-17-11-8-12-18-32)39(48)30-23-27-44(28-24-30)26-14-6-4-2-3-5-13-25-42-29-36(46)33-19-21-35(45)38-34(33)20-22-37(47)43-38/h7-12,15-22,30,36,39,42,45-46,48H,2-6,13-14,23-29H2,1H3,(H,43,47)/t36-,39?/m0/s1. The number of carbonyl (C=O) groups excluding carboxylic acids is 1. The minimum atomic E-state index is -1.28. The molecule has 9 heteroatoms. The Labute approximate surface area is 295 Å². The number of nitrogens with one attached hydrogen (secondary N) is 2. The fraction of sp³-hybridized carbons (Fsp3) is 0.463. The van der Waals surface area contributed by atoms with Crippen molar-refractivity contribution in [2.75, 3.05) is 39.8 Å². The number of aliphatic hydroxyl groups excluding tert-OH is 2. The number of H-pyrrole nitrogens is 1. The van der Waals surface area contributed by atoms with Crippen molar-refractivity contribution in [1.82, 2.24) is 15.2 Å². The van der Waals surface area contributed by atoms with E-state index in [0.717, 1.165) is 69.4 Å². The third-order valence-electron chi connectivity index (χ3n) is 10.4. The normalized spacial score (nSPS) is 15.6. The lowest BCUT2D eigenvalue weighted by molar-refractivity contribution is -0.152. The Morgan fingerprint density at radius 2 is 1.46 bits per heavy atom. The fourth-order valence-electron chi connectivity index (χ4n) is 7.64. The number of methoxy groups -OCH3 is 1. The van der Waals surface area contributed by atoms with E-state index in [1.165, 1.54) is 44.9 Å². The summed E-state index contributed by atoms with van der Waals surface area (Å²) < 4.78 is 5.38. The Balaban J connectivity index is 0.974. The molecule has 0 bridgehead atoms. The van der Waals surface area contributed by atoms with Crippen molar-refractivity contribution in [3.8, 4) is 5.75 Å². The molecule has 1 aliphatic rings. The molecule has 50 heavy (non-hydrogen) atoms. The van der Waals surface area contributed by atoms with E-state index < -0.39 is 23.6 Å². The highest BCUT2D eigenvalue weighted by molar-refractivity contribution is 5.89. The minimum absolute atomic E-state index is 0.00857. The molecule has 0 amide bonds. The van der Waals surface area contributed by atoms with E-state index in [1.807, 2.05) is 60.7 Å². The van der Waals surface area contributed by atoms with Gasteiger partial charge in [-0.15, -0.1) is 0 Å². The van der Waals surface area contributed by atoms with Gasteiger partial charge < -0.3 is 35.3 Å². The number of carbonyl (C=O) groups is 1. The molecule has 0 aliphatic carbocycles. The van der Waals surface area contributed by atoms with E-state index in [2.05, 4.69) is 15.2 Å². The second-order valence-corrected chi connectivity index (χ2v) is 13.6. The molecule has 0 saturated carbocycles. The fourth-order valence-corrected chi connectivity index (χ4v) is 7.64. The largest absolute Gasteiger partial charge is 0.506 e. The number of aromatic nitrogens is 1. The number of pyridine rings is 1. The number of phenolic OH excluding ortho intramolecular Hbond substituents is 1. The van der Waals surface area contributed by atoms with Crippen LogP contribution in [0.2, 0.25) is 0 Å². The molecule has 2 heterocycles. The van der Waals surface area contributed by atoms with Gasteiger partial charge in [-0.25, -0.2) is 0 Å². The molecular formula is C41H53N3O6. The molecule has 5 rings (SSSR count). The lowest BCUT2D eigenvalue weighted by Gasteiger charge is -2.43. The van der Waals surface area contributed by atoms with Gasteiger partial charge >= 0.3 is 5.97 Å². The highest BCUT2D eigenvalue weighted by Crippen LogP contribution is 2.42. The Morgan fingerprint density at radius 1 is 0.860 bits per heavy atom.